The van der Waals surface area contributed by atoms with Gasteiger partial charge in [-0.1, -0.05) is 26.0 Å². The molecule has 0 radical (unpaired) electrons. The molecule has 0 unspecified atom stereocenters. The fourth-order valence-corrected chi connectivity index (χ4v) is 5.23. The third-order valence-corrected chi connectivity index (χ3v) is 7.35. The van der Waals surface area contributed by atoms with Crippen LogP contribution in [-0.2, 0) is 11.8 Å². The standard InChI is InChI=1S/C28H36N6O2/c1-18(2)34-25-22-15-20(7-10-24(22)30-31-26(25)32(6)27(34)35)21-8-9-23(29-16-21)19(3)36-14-13-33-12-11-28(4,5)17-33/h7-10,15-16,18-19H,11-14,17H2,1-6H3/t19-/m1/s1. The Labute approximate surface area is 211 Å². The van der Waals surface area contributed by atoms with Gasteiger partial charge in [-0.15, -0.1) is 10.2 Å². The van der Waals surface area contributed by atoms with Gasteiger partial charge in [0.1, 0.15) is 5.52 Å². The Bertz CT molecular complexity index is 1450. The molecule has 3 aromatic heterocycles. The number of imidazole rings is 1. The van der Waals surface area contributed by atoms with E-state index in [1.807, 2.05) is 38.2 Å². The molecule has 1 aliphatic heterocycles. The summed E-state index contributed by atoms with van der Waals surface area (Å²) in [7, 11) is 1.74. The molecular weight excluding hydrogens is 452 g/mol. The van der Waals surface area contributed by atoms with Crippen molar-refractivity contribution in [3.63, 3.8) is 0 Å². The molecule has 4 heterocycles. The second-order valence-corrected chi connectivity index (χ2v) is 11.1. The maximum absolute atomic E-state index is 12.8. The van der Waals surface area contributed by atoms with Crippen molar-refractivity contribution in [2.24, 2.45) is 12.5 Å². The maximum Gasteiger partial charge on any atom is 0.330 e. The molecule has 1 fully saturated rings. The molecule has 4 aromatic rings. The fraction of sp³-hybridized carbons (Fsp3) is 0.500. The first-order valence-electron chi connectivity index (χ1n) is 12.8. The van der Waals surface area contributed by atoms with E-state index in [1.54, 1.807) is 16.2 Å². The van der Waals surface area contributed by atoms with Crippen molar-refractivity contribution in [3.05, 3.63) is 52.7 Å². The summed E-state index contributed by atoms with van der Waals surface area (Å²) in [6.07, 6.45) is 3.08. The number of rotatable bonds is 7. The highest BCUT2D eigenvalue weighted by Gasteiger charge is 2.28. The van der Waals surface area contributed by atoms with Crippen LogP contribution in [0, 0.1) is 5.41 Å². The zero-order valence-corrected chi connectivity index (χ0v) is 22.2. The van der Waals surface area contributed by atoms with Crippen molar-refractivity contribution in [2.75, 3.05) is 26.2 Å². The Balaban J connectivity index is 1.36. The van der Waals surface area contributed by atoms with Crippen LogP contribution < -0.4 is 5.69 Å². The average molecular weight is 489 g/mol. The lowest BCUT2D eigenvalue weighted by Gasteiger charge is -2.20. The van der Waals surface area contributed by atoms with Crippen LogP contribution in [0.4, 0.5) is 0 Å². The summed E-state index contributed by atoms with van der Waals surface area (Å²) in [5.41, 5.74) is 5.45. The Morgan fingerprint density at radius 1 is 1.08 bits per heavy atom. The molecule has 0 spiro atoms. The van der Waals surface area contributed by atoms with Crippen molar-refractivity contribution in [2.45, 2.75) is 53.2 Å². The molecule has 1 atom stereocenters. The quantitative estimate of drug-likeness (QED) is 0.374. The molecule has 8 heteroatoms. The fourth-order valence-electron chi connectivity index (χ4n) is 5.23. The molecule has 36 heavy (non-hydrogen) atoms. The molecule has 0 saturated carbocycles. The monoisotopic (exact) mass is 488 g/mol. The van der Waals surface area contributed by atoms with Crippen LogP contribution in [0.15, 0.2) is 41.3 Å². The lowest BCUT2D eigenvalue weighted by atomic mass is 9.93. The van der Waals surface area contributed by atoms with Crippen molar-refractivity contribution in [3.8, 4) is 11.1 Å². The molecule has 8 nitrogen and oxygen atoms in total. The number of aromatic nitrogens is 5. The molecule has 0 aliphatic carbocycles. The van der Waals surface area contributed by atoms with E-state index in [1.165, 1.54) is 6.42 Å². The number of benzene rings is 1. The SMILES string of the molecule is CC(C)n1c(=O)n(C)c2nnc3ccc(-c4ccc([C@@H](C)OCCN5CCC(C)(C)C5)nc4)cc3c21. The zero-order valence-electron chi connectivity index (χ0n) is 22.2. The molecule has 5 rings (SSSR count). The summed E-state index contributed by atoms with van der Waals surface area (Å²) in [5.74, 6) is 0. The van der Waals surface area contributed by atoms with E-state index in [-0.39, 0.29) is 17.8 Å². The number of fused-ring (bicyclic) bond motifs is 3. The first-order chi connectivity index (χ1) is 17.1. The van der Waals surface area contributed by atoms with Gasteiger partial charge >= 0.3 is 5.69 Å². The van der Waals surface area contributed by atoms with Gasteiger partial charge in [0, 0.05) is 43.3 Å². The largest absolute Gasteiger partial charge is 0.371 e. The Kier molecular flexibility index (Phi) is 6.43. The van der Waals surface area contributed by atoms with Crippen molar-refractivity contribution in [1.29, 1.82) is 0 Å². The number of ether oxygens (including phenoxy) is 1. The van der Waals surface area contributed by atoms with Gasteiger partial charge in [-0.05, 0) is 62.9 Å². The van der Waals surface area contributed by atoms with Crippen molar-refractivity contribution in [1.82, 2.24) is 29.2 Å². The molecule has 190 valence electrons. The van der Waals surface area contributed by atoms with Crippen LogP contribution in [0.3, 0.4) is 0 Å². The third-order valence-electron chi connectivity index (χ3n) is 7.35. The number of nitrogens with zero attached hydrogens (tertiary/aromatic N) is 6. The first-order valence-corrected chi connectivity index (χ1v) is 12.8. The van der Waals surface area contributed by atoms with E-state index in [2.05, 4.69) is 48.0 Å². The van der Waals surface area contributed by atoms with Crippen molar-refractivity contribution < 1.29 is 4.74 Å². The van der Waals surface area contributed by atoms with E-state index in [0.29, 0.717) is 17.7 Å². The molecular formula is C28H36N6O2. The van der Waals surface area contributed by atoms with E-state index < -0.39 is 0 Å². The zero-order chi connectivity index (χ0) is 25.6. The Hall–Kier alpha value is -3.10. The molecule has 0 N–H and O–H groups in total. The number of hydrogen-bond acceptors (Lipinski definition) is 6. The molecule has 0 amide bonds. The summed E-state index contributed by atoms with van der Waals surface area (Å²) in [6.45, 7) is 14.7. The summed E-state index contributed by atoms with van der Waals surface area (Å²) >= 11 is 0. The predicted octanol–water partition coefficient (Wildman–Crippen LogP) is 4.74. The summed E-state index contributed by atoms with van der Waals surface area (Å²) in [6, 6.07) is 10.2. The van der Waals surface area contributed by atoms with Crippen LogP contribution in [0.25, 0.3) is 33.2 Å². The second-order valence-electron chi connectivity index (χ2n) is 11.1. The van der Waals surface area contributed by atoms with E-state index in [9.17, 15) is 4.79 Å². The second kappa shape index (κ2) is 9.41. The number of aryl methyl sites for hydroxylation is 1. The molecule has 1 saturated heterocycles. The van der Waals surface area contributed by atoms with Gasteiger partial charge < -0.3 is 9.64 Å². The van der Waals surface area contributed by atoms with Gasteiger partial charge in [0.25, 0.3) is 0 Å². The van der Waals surface area contributed by atoms with Crippen molar-refractivity contribution >= 4 is 22.1 Å². The van der Waals surface area contributed by atoms with Crippen LogP contribution in [0.1, 0.15) is 58.9 Å². The van der Waals surface area contributed by atoms with Crippen LogP contribution in [0.5, 0.6) is 0 Å². The highest BCUT2D eigenvalue weighted by molar-refractivity contribution is 6.02. The van der Waals surface area contributed by atoms with Crippen LogP contribution in [0.2, 0.25) is 0 Å². The first kappa shape index (κ1) is 24.6. The van der Waals surface area contributed by atoms with Gasteiger partial charge in [0.2, 0.25) is 0 Å². The van der Waals surface area contributed by atoms with Gasteiger partial charge in [-0.25, -0.2) is 4.79 Å². The van der Waals surface area contributed by atoms with E-state index >= 15 is 0 Å². The minimum Gasteiger partial charge on any atom is -0.371 e. The predicted molar refractivity (Wildman–Crippen MR) is 143 cm³/mol. The smallest absolute Gasteiger partial charge is 0.330 e. The highest BCUT2D eigenvalue weighted by Crippen LogP contribution is 2.30. The molecule has 0 bridgehead atoms. The van der Waals surface area contributed by atoms with Crippen LogP contribution in [-0.4, -0.2) is 55.5 Å². The highest BCUT2D eigenvalue weighted by atomic mass is 16.5. The van der Waals surface area contributed by atoms with Crippen LogP contribution >= 0.6 is 0 Å². The number of pyridine rings is 1. The lowest BCUT2D eigenvalue weighted by molar-refractivity contribution is 0.0478. The average Bonchev–Trinajstić information content (AvgIpc) is 3.34. The normalized spacial score (nSPS) is 17.0. The number of likely N-dealkylation sites (tertiary alicyclic amines) is 1. The third kappa shape index (κ3) is 4.55. The van der Waals surface area contributed by atoms with Gasteiger partial charge in [0.15, 0.2) is 5.65 Å². The summed E-state index contributed by atoms with van der Waals surface area (Å²) in [5, 5.41) is 9.60. The molecule has 1 aromatic carbocycles. The Morgan fingerprint density at radius 2 is 1.86 bits per heavy atom. The minimum absolute atomic E-state index is 0.0108. The summed E-state index contributed by atoms with van der Waals surface area (Å²) < 4.78 is 9.46. The van der Waals surface area contributed by atoms with E-state index in [4.69, 9.17) is 9.72 Å². The lowest BCUT2D eigenvalue weighted by Crippen LogP contribution is -2.27. The molecule has 1 aliphatic rings. The van der Waals surface area contributed by atoms with Gasteiger partial charge in [-0.3, -0.25) is 14.1 Å². The minimum atomic E-state index is -0.0827. The topological polar surface area (TPSA) is 78.1 Å². The maximum atomic E-state index is 12.8. The Morgan fingerprint density at radius 3 is 2.53 bits per heavy atom. The summed E-state index contributed by atoms with van der Waals surface area (Å²) in [4.78, 5) is 20.0. The van der Waals surface area contributed by atoms with E-state index in [0.717, 1.165) is 52.9 Å². The number of hydrogen-bond donors (Lipinski definition) is 0. The van der Waals surface area contributed by atoms with Gasteiger partial charge in [-0.2, -0.15) is 0 Å². The van der Waals surface area contributed by atoms with Gasteiger partial charge in [0.05, 0.1) is 23.9 Å².